The second-order valence-electron chi connectivity index (χ2n) is 4.97. The molecule has 2 N–H and O–H groups in total. The Morgan fingerprint density at radius 3 is 2.38 bits per heavy atom. The monoisotopic (exact) mass is 321 g/mol. The quantitative estimate of drug-likeness (QED) is 0.755. The highest BCUT2D eigenvalue weighted by Gasteiger charge is 2.07. The van der Waals surface area contributed by atoms with Gasteiger partial charge < -0.3 is 15.2 Å². The number of hydrogen-bond donors (Lipinski definition) is 2. The van der Waals surface area contributed by atoms with Gasteiger partial charge in [-0.3, -0.25) is 4.79 Å². The summed E-state index contributed by atoms with van der Waals surface area (Å²) in [6.07, 6.45) is 3.07. The molecule has 0 spiro atoms. The van der Waals surface area contributed by atoms with E-state index in [1.54, 1.807) is 18.2 Å². The van der Waals surface area contributed by atoms with E-state index in [1.807, 2.05) is 30.3 Å². The average molecular weight is 321 g/mol. The largest absolute Gasteiger partial charge is 0.504 e. The summed E-state index contributed by atoms with van der Waals surface area (Å²) in [5, 5.41) is 12.2. The number of amides is 1. The van der Waals surface area contributed by atoms with Crippen molar-refractivity contribution in [1.29, 1.82) is 0 Å². The van der Waals surface area contributed by atoms with E-state index in [2.05, 4.69) is 15.3 Å². The number of nitrogens with one attached hydrogen (secondary N) is 1. The minimum Gasteiger partial charge on any atom is -0.504 e. The van der Waals surface area contributed by atoms with E-state index in [1.165, 1.54) is 18.5 Å². The highest BCUT2D eigenvalue weighted by Crippen LogP contribution is 2.24. The van der Waals surface area contributed by atoms with Gasteiger partial charge in [-0.15, -0.1) is 0 Å². The number of carbonyl (C=O) groups excluding carboxylic acids is 1. The fraction of sp³-hybridized carbons (Fsp3) is 0.0556. The van der Waals surface area contributed by atoms with Crippen LogP contribution in [0.1, 0.15) is 0 Å². The lowest BCUT2D eigenvalue weighted by Crippen LogP contribution is -2.20. The Hall–Kier alpha value is -3.41. The van der Waals surface area contributed by atoms with Gasteiger partial charge in [-0.25, -0.2) is 9.97 Å². The molecule has 1 heterocycles. The highest BCUT2D eigenvalue weighted by atomic mass is 16.5. The van der Waals surface area contributed by atoms with Gasteiger partial charge >= 0.3 is 0 Å². The number of nitrogens with zero attached hydrogens (tertiary/aromatic N) is 2. The van der Waals surface area contributed by atoms with Crippen molar-refractivity contribution in [1.82, 2.24) is 9.97 Å². The number of phenols is 1. The van der Waals surface area contributed by atoms with Crippen LogP contribution in [0, 0.1) is 0 Å². The molecule has 0 atom stereocenters. The summed E-state index contributed by atoms with van der Waals surface area (Å²) in [6, 6.07) is 16.0. The minimum absolute atomic E-state index is 0.0131. The van der Waals surface area contributed by atoms with E-state index >= 15 is 0 Å². The second kappa shape index (κ2) is 7.23. The summed E-state index contributed by atoms with van der Waals surface area (Å²) in [5.41, 5.74) is 1.37. The predicted octanol–water partition coefficient (Wildman–Crippen LogP) is 2.87. The van der Waals surface area contributed by atoms with Gasteiger partial charge in [-0.05, 0) is 12.1 Å². The van der Waals surface area contributed by atoms with Gasteiger partial charge in [-0.1, -0.05) is 42.5 Å². The molecule has 6 heteroatoms. The first-order valence-corrected chi connectivity index (χ1v) is 7.30. The van der Waals surface area contributed by atoms with Crippen LogP contribution >= 0.6 is 0 Å². The molecule has 0 aliphatic rings. The summed E-state index contributed by atoms with van der Waals surface area (Å²) in [4.78, 5) is 20.3. The molecule has 0 saturated heterocycles. The number of aromatic nitrogens is 2. The maximum atomic E-state index is 11.9. The molecule has 0 bridgehead atoms. The summed E-state index contributed by atoms with van der Waals surface area (Å²) in [7, 11) is 0. The topological polar surface area (TPSA) is 84.3 Å². The van der Waals surface area contributed by atoms with Gasteiger partial charge in [0.1, 0.15) is 0 Å². The fourth-order valence-corrected chi connectivity index (χ4v) is 2.05. The zero-order valence-electron chi connectivity index (χ0n) is 12.7. The molecule has 0 unspecified atom stereocenters. The molecule has 0 aliphatic heterocycles. The van der Waals surface area contributed by atoms with Crippen LogP contribution in [0.2, 0.25) is 0 Å². The lowest BCUT2D eigenvalue weighted by atomic mass is 10.2. The van der Waals surface area contributed by atoms with Gasteiger partial charge in [0.25, 0.3) is 5.91 Å². The van der Waals surface area contributed by atoms with Crippen molar-refractivity contribution in [2.45, 2.75) is 0 Å². The maximum absolute atomic E-state index is 11.9. The third-order valence-corrected chi connectivity index (χ3v) is 3.19. The van der Waals surface area contributed by atoms with Crippen molar-refractivity contribution in [3.05, 3.63) is 67.0 Å². The number of rotatable bonds is 5. The lowest BCUT2D eigenvalue weighted by molar-refractivity contribution is -0.118. The first-order valence-electron chi connectivity index (χ1n) is 7.30. The van der Waals surface area contributed by atoms with Gasteiger partial charge in [0.15, 0.2) is 23.9 Å². The molecular formula is C18H15N3O3. The Balaban J connectivity index is 1.58. The Labute approximate surface area is 138 Å². The molecule has 24 heavy (non-hydrogen) atoms. The molecule has 3 rings (SSSR count). The second-order valence-corrected chi connectivity index (χ2v) is 4.97. The third kappa shape index (κ3) is 3.86. The summed E-state index contributed by atoms with van der Waals surface area (Å²) < 4.78 is 5.26. The predicted molar refractivity (Wildman–Crippen MR) is 89.7 cm³/mol. The Bertz CT molecular complexity index is 820. The number of hydrogen-bond acceptors (Lipinski definition) is 5. The van der Waals surface area contributed by atoms with E-state index in [-0.39, 0.29) is 24.0 Å². The lowest BCUT2D eigenvalue weighted by Gasteiger charge is -2.08. The van der Waals surface area contributed by atoms with Crippen LogP contribution in [0.3, 0.4) is 0 Å². The normalized spacial score (nSPS) is 10.2. The number of anilines is 1. The molecule has 3 aromatic rings. The van der Waals surface area contributed by atoms with Crippen LogP contribution in [-0.2, 0) is 4.79 Å². The fourth-order valence-electron chi connectivity index (χ4n) is 2.05. The van der Waals surface area contributed by atoms with Gasteiger partial charge in [-0.2, -0.15) is 0 Å². The van der Waals surface area contributed by atoms with Crippen molar-refractivity contribution in [2.24, 2.45) is 0 Å². The van der Waals surface area contributed by atoms with Crippen molar-refractivity contribution in [3.63, 3.8) is 0 Å². The molecule has 1 aromatic heterocycles. The Kier molecular flexibility index (Phi) is 4.67. The number of benzene rings is 2. The van der Waals surface area contributed by atoms with Crippen molar-refractivity contribution >= 4 is 11.6 Å². The number of carbonyl (C=O) groups is 1. The molecule has 120 valence electrons. The Morgan fingerprint density at radius 2 is 1.67 bits per heavy atom. The van der Waals surface area contributed by atoms with Crippen LogP contribution in [-0.4, -0.2) is 27.6 Å². The SMILES string of the molecule is O=C(COc1ccccc1O)Nc1cnc(-c2ccccc2)nc1. The molecule has 1 amide bonds. The van der Waals surface area contributed by atoms with E-state index in [0.717, 1.165) is 5.56 Å². The number of para-hydroxylation sites is 2. The average Bonchev–Trinajstić information content (AvgIpc) is 2.62. The van der Waals surface area contributed by atoms with Gasteiger partial charge in [0.05, 0.1) is 18.1 Å². The maximum Gasteiger partial charge on any atom is 0.262 e. The minimum atomic E-state index is -0.366. The third-order valence-electron chi connectivity index (χ3n) is 3.19. The molecule has 2 aromatic carbocycles. The molecule has 0 radical (unpaired) electrons. The smallest absolute Gasteiger partial charge is 0.262 e. The molecule has 0 saturated carbocycles. The zero-order valence-corrected chi connectivity index (χ0v) is 12.7. The molecule has 6 nitrogen and oxygen atoms in total. The molecule has 0 aliphatic carbocycles. The first-order chi connectivity index (χ1) is 11.7. The number of aromatic hydroxyl groups is 1. The van der Waals surface area contributed by atoms with Crippen LogP contribution in [0.25, 0.3) is 11.4 Å². The molecule has 0 fully saturated rings. The van der Waals surface area contributed by atoms with Crippen LogP contribution < -0.4 is 10.1 Å². The van der Waals surface area contributed by atoms with E-state index in [4.69, 9.17) is 4.74 Å². The van der Waals surface area contributed by atoms with Crippen molar-refractivity contribution in [3.8, 4) is 22.9 Å². The molecular weight excluding hydrogens is 306 g/mol. The van der Waals surface area contributed by atoms with E-state index in [0.29, 0.717) is 11.5 Å². The Morgan fingerprint density at radius 1 is 1.00 bits per heavy atom. The summed E-state index contributed by atoms with van der Waals surface area (Å²) in [5.74, 6) is 0.456. The number of phenolic OH excluding ortho intramolecular Hbond substituents is 1. The highest BCUT2D eigenvalue weighted by molar-refractivity contribution is 5.91. The van der Waals surface area contributed by atoms with Crippen LogP contribution in [0.4, 0.5) is 5.69 Å². The van der Waals surface area contributed by atoms with Crippen LogP contribution in [0.5, 0.6) is 11.5 Å². The van der Waals surface area contributed by atoms with Crippen LogP contribution in [0.15, 0.2) is 67.0 Å². The first kappa shape index (κ1) is 15.5. The van der Waals surface area contributed by atoms with Crippen molar-refractivity contribution in [2.75, 3.05) is 11.9 Å². The summed E-state index contributed by atoms with van der Waals surface area (Å²) in [6.45, 7) is -0.224. The van der Waals surface area contributed by atoms with Gasteiger partial charge in [0.2, 0.25) is 0 Å². The summed E-state index contributed by atoms with van der Waals surface area (Å²) >= 11 is 0. The standard InChI is InChI=1S/C18H15N3O3/c22-15-8-4-5-9-16(15)24-12-17(23)21-14-10-19-18(20-11-14)13-6-2-1-3-7-13/h1-11,22H,12H2,(H,21,23). The van der Waals surface area contributed by atoms with E-state index < -0.39 is 0 Å². The number of ether oxygens (including phenoxy) is 1. The van der Waals surface area contributed by atoms with Crippen molar-refractivity contribution < 1.29 is 14.6 Å². The van der Waals surface area contributed by atoms with Gasteiger partial charge in [0, 0.05) is 5.56 Å². The van der Waals surface area contributed by atoms with E-state index in [9.17, 15) is 9.90 Å². The zero-order chi connectivity index (χ0) is 16.8.